The number of rotatable bonds is 3. The number of benzene rings is 2. The van der Waals surface area contributed by atoms with Crippen LogP contribution >= 0.6 is 0 Å². The molecule has 6 heteroatoms. The molecule has 1 aromatic heterocycles. The largest absolute Gasteiger partial charge is 0.465 e. The molecular weight excluding hydrogens is 354 g/mol. The summed E-state index contributed by atoms with van der Waals surface area (Å²) in [6.45, 7) is 4.08. The number of anilines is 1. The fraction of sp³-hybridized carbons (Fsp3) is 0.227. The van der Waals surface area contributed by atoms with Crippen LogP contribution in [0.25, 0.3) is 5.69 Å². The standard InChI is InChI=1S/C22H21N3O3/c1-13-4-9-19(14(2)10-13)25-21-18(12-23-25)17(11-20(26)24-21)15-5-7-16(8-6-15)22(27)28-3/h4-10,12,17H,11H2,1-3H3,(H,24,26). The van der Waals surface area contributed by atoms with Crippen LogP contribution in [0, 0.1) is 13.8 Å². The zero-order valence-electron chi connectivity index (χ0n) is 16.0. The molecular formula is C22H21N3O3. The summed E-state index contributed by atoms with van der Waals surface area (Å²) in [7, 11) is 1.36. The molecule has 4 rings (SSSR count). The predicted molar refractivity (Wildman–Crippen MR) is 106 cm³/mol. The first-order valence-corrected chi connectivity index (χ1v) is 9.11. The van der Waals surface area contributed by atoms with Crippen molar-refractivity contribution < 1.29 is 14.3 Å². The lowest BCUT2D eigenvalue weighted by molar-refractivity contribution is -0.116. The van der Waals surface area contributed by atoms with Gasteiger partial charge in [-0.15, -0.1) is 0 Å². The fourth-order valence-electron chi connectivity index (χ4n) is 3.71. The van der Waals surface area contributed by atoms with Gasteiger partial charge in [-0.2, -0.15) is 5.10 Å². The maximum Gasteiger partial charge on any atom is 0.337 e. The van der Waals surface area contributed by atoms with Crippen molar-refractivity contribution in [2.75, 3.05) is 12.4 Å². The van der Waals surface area contributed by atoms with Gasteiger partial charge in [0.15, 0.2) is 0 Å². The zero-order valence-corrected chi connectivity index (χ0v) is 16.0. The van der Waals surface area contributed by atoms with Gasteiger partial charge >= 0.3 is 5.97 Å². The molecule has 2 heterocycles. The Hall–Kier alpha value is -3.41. The monoisotopic (exact) mass is 375 g/mol. The van der Waals surface area contributed by atoms with E-state index in [0.29, 0.717) is 17.8 Å². The summed E-state index contributed by atoms with van der Waals surface area (Å²) >= 11 is 0. The molecule has 1 aliphatic rings. The van der Waals surface area contributed by atoms with Crippen molar-refractivity contribution in [1.29, 1.82) is 0 Å². The summed E-state index contributed by atoms with van der Waals surface area (Å²) in [6, 6.07) is 13.3. The number of aromatic nitrogens is 2. The highest BCUT2D eigenvalue weighted by Crippen LogP contribution is 2.38. The van der Waals surface area contributed by atoms with Crippen molar-refractivity contribution in [3.63, 3.8) is 0 Å². The Bertz CT molecular complexity index is 1070. The Kier molecular flexibility index (Phi) is 4.47. The molecule has 1 atom stereocenters. The van der Waals surface area contributed by atoms with E-state index in [9.17, 15) is 9.59 Å². The molecule has 28 heavy (non-hydrogen) atoms. The van der Waals surface area contributed by atoms with E-state index in [1.54, 1.807) is 16.8 Å². The SMILES string of the molecule is COC(=O)c1ccc(C2CC(=O)Nc3c2cnn3-c2ccc(C)cc2C)cc1. The van der Waals surface area contributed by atoms with Gasteiger partial charge in [0.2, 0.25) is 5.91 Å². The number of nitrogens with one attached hydrogen (secondary N) is 1. The van der Waals surface area contributed by atoms with Gasteiger partial charge in [-0.25, -0.2) is 9.48 Å². The van der Waals surface area contributed by atoms with Crippen molar-refractivity contribution in [3.05, 3.63) is 76.5 Å². The summed E-state index contributed by atoms with van der Waals surface area (Å²) < 4.78 is 6.54. The summed E-state index contributed by atoms with van der Waals surface area (Å²) in [5, 5.41) is 7.53. The van der Waals surface area contributed by atoms with E-state index in [1.807, 2.05) is 44.3 Å². The van der Waals surface area contributed by atoms with Crippen LogP contribution < -0.4 is 5.32 Å². The number of hydrogen-bond acceptors (Lipinski definition) is 4. The number of esters is 1. The lowest BCUT2D eigenvalue weighted by Gasteiger charge is -2.24. The normalized spacial score (nSPS) is 15.7. The number of hydrogen-bond donors (Lipinski definition) is 1. The molecule has 1 amide bonds. The average molecular weight is 375 g/mol. The van der Waals surface area contributed by atoms with Gasteiger partial charge in [-0.1, -0.05) is 29.8 Å². The Morgan fingerprint density at radius 1 is 1.18 bits per heavy atom. The lowest BCUT2D eigenvalue weighted by Crippen LogP contribution is -2.24. The molecule has 6 nitrogen and oxygen atoms in total. The minimum atomic E-state index is -0.378. The molecule has 1 aliphatic heterocycles. The van der Waals surface area contributed by atoms with E-state index >= 15 is 0 Å². The Labute approximate surface area is 163 Å². The molecule has 0 spiro atoms. The number of aryl methyl sites for hydroxylation is 2. The van der Waals surface area contributed by atoms with Crippen LogP contribution in [0.15, 0.2) is 48.7 Å². The van der Waals surface area contributed by atoms with Crippen LogP contribution in [0.1, 0.15) is 45.0 Å². The Balaban J connectivity index is 1.75. The van der Waals surface area contributed by atoms with Gasteiger partial charge in [0.05, 0.1) is 24.6 Å². The van der Waals surface area contributed by atoms with E-state index < -0.39 is 0 Å². The molecule has 1 N–H and O–H groups in total. The van der Waals surface area contributed by atoms with Gasteiger partial charge < -0.3 is 10.1 Å². The maximum atomic E-state index is 12.4. The van der Waals surface area contributed by atoms with Gasteiger partial charge in [-0.3, -0.25) is 4.79 Å². The highest BCUT2D eigenvalue weighted by Gasteiger charge is 2.30. The average Bonchev–Trinajstić information content (AvgIpc) is 3.10. The van der Waals surface area contributed by atoms with Crippen LogP contribution in [0.4, 0.5) is 5.82 Å². The smallest absolute Gasteiger partial charge is 0.337 e. The van der Waals surface area contributed by atoms with Crippen LogP contribution in [-0.2, 0) is 9.53 Å². The van der Waals surface area contributed by atoms with Gasteiger partial charge in [0, 0.05) is 17.9 Å². The lowest BCUT2D eigenvalue weighted by atomic mass is 9.87. The number of ether oxygens (including phenoxy) is 1. The summed E-state index contributed by atoms with van der Waals surface area (Å²) in [5.41, 5.74) is 5.61. The second-order valence-corrected chi connectivity index (χ2v) is 7.07. The van der Waals surface area contributed by atoms with Crippen LogP contribution in [0.5, 0.6) is 0 Å². The number of nitrogens with zero attached hydrogens (tertiary/aromatic N) is 2. The zero-order chi connectivity index (χ0) is 19.8. The molecule has 0 saturated carbocycles. The molecule has 1 unspecified atom stereocenters. The second-order valence-electron chi connectivity index (χ2n) is 7.07. The Morgan fingerprint density at radius 3 is 2.61 bits per heavy atom. The van der Waals surface area contributed by atoms with Crippen LogP contribution in [0.3, 0.4) is 0 Å². The van der Waals surface area contributed by atoms with Crippen LogP contribution in [-0.4, -0.2) is 28.8 Å². The number of methoxy groups -OCH3 is 1. The number of fused-ring (bicyclic) bond motifs is 1. The van der Waals surface area contributed by atoms with Gasteiger partial charge in [-0.05, 0) is 43.2 Å². The minimum Gasteiger partial charge on any atom is -0.465 e. The third-order valence-electron chi connectivity index (χ3n) is 5.13. The summed E-state index contributed by atoms with van der Waals surface area (Å²) in [4.78, 5) is 24.1. The first kappa shape index (κ1) is 18.0. The molecule has 0 aliphatic carbocycles. The first-order valence-electron chi connectivity index (χ1n) is 9.11. The third-order valence-corrected chi connectivity index (χ3v) is 5.13. The highest BCUT2D eigenvalue weighted by atomic mass is 16.5. The maximum absolute atomic E-state index is 12.4. The van der Waals surface area contributed by atoms with Crippen molar-refractivity contribution in [1.82, 2.24) is 9.78 Å². The number of carbonyl (C=O) groups excluding carboxylic acids is 2. The molecule has 0 bridgehead atoms. The summed E-state index contributed by atoms with van der Waals surface area (Å²) in [6.07, 6.45) is 2.15. The molecule has 142 valence electrons. The van der Waals surface area contributed by atoms with E-state index in [1.165, 1.54) is 12.7 Å². The Morgan fingerprint density at radius 2 is 1.93 bits per heavy atom. The minimum absolute atomic E-state index is 0.0546. The highest BCUT2D eigenvalue weighted by molar-refractivity contribution is 5.95. The topological polar surface area (TPSA) is 73.2 Å². The van der Waals surface area contributed by atoms with Crippen molar-refractivity contribution in [2.24, 2.45) is 0 Å². The van der Waals surface area contributed by atoms with E-state index in [4.69, 9.17) is 4.74 Å². The molecule has 2 aromatic carbocycles. The molecule has 0 radical (unpaired) electrons. The molecule has 3 aromatic rings. The van der Waals surface area contributed by atoms with E-state index in [-0.39, 0.29) is 17.8 Å². The third kappa shape index (κ3) is 3.07. The first-order chi connectivity index (χ1) is 13.5. The van der Waals surface area contributed by atoms with E-state index in [0.717, 1.165) is 22.4 Å². The van der Waals surface area contributed by atoms with E-state index in [2.05, 4.69) is 16.5 Å². The molecule has 0 saturated heterocycles. The van der Waals surface area contributed by atoms with Crippen LogP contribution in [0.2, 0.25) is 0 Å². The van der Waals surface area contributed by atoms with Crippen molar-refractivity contribution >= 4 is 17.7 Å². The quantitative estimate of drug-likeness (QED) is 0.708. The number of amides is 1. The van der Waals surface area contributed by atoms with Gasteiger partial charge in [0.25, 0.3) is 0 Å². The second kappa shape index (κ2) is 6.96. The van der Waals surface area contributed by atoms with Crippen molar-refractivity contribution in [3.8, 4) is 5.69 Å². The van der Waals surface area contributed by atoms with Crippen molar-refractivity contribution in [2.45, 2.75) is 26.2 Å². The predicted octanol–water partition coefficient (Wildman–Crippen LogP) is 3.75. The number of carbonyl (C=O) groups is 2. The summed E-state index contributed by atoms with van der Waals surface area (Å²) in [5.74, 6) is 0.151. The van der Waals surface area contributed by atoms with Gasteiger partial charge in [0.1, 0.15) is 5.82 Å². The molecule has 0 fully saturated rings. The fourth-order valence-corrected chi connectivity index (χ4v) is 3.71.